The second-order valence-electron chi connectivity index (χ2n) is 8.04. The van der Waals surface area contributed by atoms with Crippen LogP contribution in [0.1, 0.15) is 51.4 Å². The summed E-state index contributed by atoms with van der Waals surface area (Å²) in [5.41, 5.74) is 3.61. The molecule has 1 N–H and O–H groups in total. The van der Waals surface area contributed by atoms with Crippen molar-refractivity contribution in [3.63, 3.8) is 0 Å². The molecule has 1 aliphatic rings. The molecule has 5 rings (SSSR count). The van der Waals surface area contributed by atoms with Crippen molar-refractivity contribution in [2.45, 2.75) is 33.1 Å². The van der Waals surface area contributed by atoms with Crippen LogP contribution in [0.15, 0.2) is 46.9 Å². The number of thiophene rings is 1. The van der Waals surface area contributed by atoms with Gasteiger partial charge in [-0.1, -0.05) is 25.1 Å². The van der Waals surface area contributed by atoms with Crippen LogP contribution >= 0.6 is 11.3 Å². The van der Waals surface area contributed by atoms with Crippen LogP contribution in [0.2, 0.25) is 0 Å². The van der Waals surface area contributed by atoms with E-state index >= 15 is 0 Å². The highest BCUT2D eigenvalue weighted by Gasteiger charge is 2.29. The molecule has 1 amide bonds. The van der Waals surface area contributed by atoms with Crippen molar-refractivity contribution in [3.8, 4) is 0 Å². The van der Waals surface area contributed by atoms with E-state index < -0.39 is 0 Å². The van der Waals surface area contributed by atoms with Crippen LogP contribution in [0.3, 0.4) is 0 Å². The van der Waals surface area contributed by atoms with Gasteiger partial charge in [0.1, 0.15) is 16.2 Å². The number of fused-ring (bicyclic) bond motifs is 4. The van der Waals surface area contributed by atoms with Crippen LogP contribution in [0, 0.1) is 5.92 Å². The maximum atomic E-state index is 13.1. The number of para-hydroxylation sites is 1. The number of carbonyl (C=O) groups is 2. The molecule has 1 unspecified atom stereocenters. The van der Waals surface area contributed by atoms with Crippen molar-refractivity contribution in [2.24, 2.45) is 5.92 Å². The number of hydrogen-bond donors (Lipinski definition) is 1. The Labute approximate surface area is 184 Å². The first-order valence-corrected chi connectivity index (χ1v) is 11.4. The van der Waals surface area contributed by atoms with Crippen LogP contribution in [0.4, 0.5) is 5.00 Å². The summed E-state index contributed by atoms with van der Waals surface area (Å²) in [6, 6.07) is 13.2. The van der Waals surface area contributed by atoms with Crippen LogP contribution in [0.5, 0.6) is 0 Å². The van der Waals surface area contributed by atoms with Crippen LogP contribution in [-0.2, 0) is 17.6 Å². The zero-order valence-electron chi connectivity index (χ0n) is 17.5. The lowest BCUT2D eigenvalue weighted by atomic mass is 9.88. The van der Waals surface area contributed by atoms with Crippen molar-refractivity contribution >= 4 is 50.2 Å². The Hall–Kier alpha value is -3.12. The third kappa shape index (κ3) is 3.51. The van der Waals surface area contributed by atoms with Crippen molar-refractivity contribution < 1.29 is 18.7 Å². The quantitative estimate of drug-likeness (QED) is 0.389. The predicted molar refractivity (Wildman–Crippen MR) is 123 cm³/mol. The van der Waals surface area contributed by atoms with Gasteiger partial charge in [-0.05, 0) is 61.9 Å². The lowest BCUT2D eigenvalue weighted by Gasteiger charge is -2.18. The molecule has 4 aromatic rings. The van der Waals surface area contributed by atoms with Crippen molar-refractivity contribution in [1.29, 1.82) is 0 Å². The Morgan fingerprint density at radius 2 is 1.97 bits per heavy atom. The molecule has 0 aliphatic heterocycles. The van der Waals surface area contributed by atoms with Crippen molar-refractivity contribution in [1.82, 2.24) is 0 Å². The molecule has 0 fully saturated rings. The lowest BCUT2D eigenvalue weighted by Crippen LogP contribution is -2.16. The molecule has 0 radical (unpaired) electrons. The number of nitrogens with one attached hydrogen (secondary N) is 1. The van der Waals surface area contributed by atoms with Crippen LogP contribution in [-0.4, -0.2) is 18.5 Å². The van der Waals surface area contributed by atoms with Crippen molar-refractivity contribution in [2.75, 3.05) is 11.9 Å². The van der Waals surface area contributed by atoms with E-state index in [0.717, 1.165) is 46.8 Å². The summed E-state index contributed by atoms with van der Waals surface area (Å²) in [4.78, 5) is 27.0. The Balaban J connectivity index is 1.51. The van der Waals surface area contributed by atoms with E-state index in [1.807, 2.05) is 36.4 Å². The number of amides is 1. The molecule has 2 heterocycles. The first-order chi connectivity index (χ1) is 15.0. The normalized spacial score (nSPS) is 15.7. The fourth-order valence-electron chi connectivity index (χ4n) is 4.30. The molecule has 0 bridgehead atoms. The molecule has 31 heavy (non-hydrogen) atoms. The molecule has 158 valence electrons. The Kier molecular flexibility index (Phi) is 5.02. The van der Waals surface area contributed by atoms with E-state index in [9.17, 15) is 9.59 Å². The maximum absolute atomic E-state index is 13.1. The van der Waals surface area contributed by atoms with E-state index in [2.05, 4.69) is 12.2 Å². The average molecular weight is 434 g/mol. The van der Waals surface area contributed by atoms with Gasteiger partial charge < -0.3 is 14.5 Å². The third-order valence-electron chi connectivity index (χ3n) is 5.86. The Morgan fingerprint density at radius 3 is 2.81 bits per heavy atom. The van der Waals surface area contributed by atoms with Gasteiger partial charge >= 0.3 is 5.97 Å². The molecular weight excluding hydrogens is 410 g/mol. The van der Waals surface area contributed by atoms with E-state index in [4.69, 9.17) is 9.15 Å². The van der Waals surface area contributed by atoms with Gasteiger partial charge in [-0.3, -0.25) is 4.79 Å². The molecule has 1 aliphatic carbocycles. The highest BCUT2D eigenvalue weighted by atomic mass is 32.1. The third-order valence-corrected chi connectivity index (χ3v) is 7.03. The first kappa shape index (κ1) is 19.8. The smallest absolute Gasteiger partial charge is 0.341 e. The summed E-state index contributed by atoms with van der Waals surface area (Å²) in [5.74, 6) is -0.0352. The highest BCUT2D eigenvalue weighted by molar-refractivity contribution is 7.17. The van der Waals surface area contributed by atoms with Crippen molar-refractivity contribution in [3.05, 3.63) is 64.0 Å². The second kappa shape index (κ2) is 7.85. The number of carbonyl (C=O) groups excluding carboxylic acids is 2. The van der Waals surface area contributed by atoms with E-state index in [1.54, 1.807) is 13.0 Å². The zero-order valence-corrected chi connectivity index (χ0v) is 18.3. The molecule has 0 saturated heterocycles. The SMILES string of the molecule is CCOC(=O)c1c(NC(=O)c2ccc3oc4ccccc4c3c2)sc2c1CCC(C)C2. The number of hydrogen-bond acceptors (Lipinski definition) is 5. The molecular formula is C25H23NO4S. The number of ether oxygens (including phenoxy) is 1. The lowest BCUT2D eigenvalue weighted by molar-refractivity contribution is 0.0526. The molecule has 0 saturated carbocycles. The average Bonchev–Trinajstić information content (AvgIpc) is 3.30. The van der Waals surface area contributed by atoms with Gasteiger partial charge in [-0.25, -0.2) is 4.79 Å². The van der Waals surface area contributed by atoms with Crippen LogP contribution < -0.4 is 5.32 Å². The van der Waals surface area contributed by atoms with Gasteiger partial charge in [0.15, 0.2) is 0 Å². The zero-order chi connectivity index (χ0) is 21.5. The van der Waals surface area contributed by atoms with Gasteiger partial charge in [-0.15, -0.1) is 11.3 Å². The predicted octanol–water partition coefficient (Wildman–Crippen LogP) is 6.20. The summed E-state index contributed by atoms with van der Waals surface area (Å²) in [7, 11) is 0. The molecule has 2 aromatic heterocycles. The van der Waals surface area contributed by atoms with E-state index in [-0.39, 0.29) is 11.9 Å². The molecule has 2 aromatic carbocycles. The maximum Gasteiger partial charge on any atom is 0.341 e. The molecule has 0 spiro atoms. The van der Waals surface area contributed by atoms with Crippen LogP contribution in [0.25, 0.3) is 21.9 Å². The number of rotatable bonds is 4. The minimum absolute atomic E-state index is 0.246. The first-order valence-electron chi connectivity index (χ1n) is 10.6. The Bertz CT molecular complexity index is 1320. The second-order valence-corrected chi connectivity index (χ2v) is 9.14. The summed E-state index contributed by atoms with van der Waals surface area (Å²) in [5, 5.41) is 5.44. The van der Waals surface area contributed by atoms with Gasteiger partial charge in [0.25, 0.3) is 5.91 Å². The molecule has 6 heteroatoms. The monoisotopic (exact) mass is 433 g/mol. The Morgan fingerprint density at radius 1 is 1.16 bits per heavy atom. The fourth-order valence-corrected chi connectivity index (χ4v) is 5.69. The fraction of sp³-hybridized carbons (Fsp3) is 0.280. The minimum Gasteiger partial charge on any atom is -0.462 e. The number of furan rings is 1. The number of esters is 1. The summed E-state index contributed by atoms with van der Waals surface area (Å²) >= 11 is 1.50. The summed E-state index contributed by atoms with van der Waals surface area (Å²) in [6.45, 7) is 4.31. The minimum atomic E-state index is -0.360. The van der Waals surface area contributed by atoms with Gasteiger partial charge in [0.05, 0.1) is 12.2 Å². The van der Waals surface area contributed by atoms with Gasteiger partial charge in [-0.2, -0.15) is 0 Å². The van der Waals surface area contributed by atoms with E-state index in [1.165, 1.54) is 16.2 Å². The largest absolute Gasteiger partial charge is 0.462 e. The topological polar surface area (TPSA) is 68.5 Å². The van der Waals surface area contributed by atoms with E-state index in [0.29, 0.717) is 28.7 Å². The summed E-state index contributed by atoms with van der Waals surface area (Å²) < 4.78 is 11.2. The highest BCUT2D eigenvalue weighted by Crippen LogP contribution is 2.40. The summed E-state index contributed by atoms with van der Waals surface area (Å²) in [6.07, 6.45) is 2.80. The number of benzene rings is 2. The van der Waals surface area contributed by atoms with Gasteiger partial charge in [0, 0.05) is 21.2 Å². The molecule has 1 atom stereocenters. The standard InChI is InChI=1S/C25H23NO4S/c1-3-29-25(28)22-17-10-8-14(2)12-21(17)31-24(22)26-23(27)15-9-11-20-18(13-15)16-6-4-5-7-19(16)30-20/h4-7,9,11,13-14H,3,8,10,12H2,1-2H3,(H,26,27). The molecule has 5 nitrogen and oxygen atoms in total. The van der Waals surface area contributed by atoms with Gasteiger partial charge in [0.2, 0.25) is 0 Å². The number of anilines is 1.